The lowest BCUT2D eigenvalue weighted by Crippen LogP contribution is -2.14. The lowest BCUT2D eigenvalue weighted by molar-refractivity contribution is -0.137. The number of amides is 1. The Kier molecular flexibility index (Phi) is 5.96. The van der Waals surface area contributed by atoms with Crippen LogP contribution in [0.3, 0.4) is 0 Å². The number of hydrogen-bond acceptors (Lipinski definition) is 2. The summed E-state index contributed by atoms with van der Waals surface area (Å²) in [6, 6.07) is 10.1. The number of anilines is 1. The molecule has 0 saturated heterocycles. The van der Waals surface area contributed by atoms with Crippen LogP contribution in [0.4, 0.5) is 18.9 Å². The fourth-order valence-electron chi connectivity index (χ4n) is 1.95. The van der Waals surface area contributed by atoms with Gasteiger partial charge in [0.05, 0.1) is 16.1 Å². The Bertz CT molecular complexity index is 762. The highest BCUT2D eigenvalue weighted by molar-refractivity contribution is 7.99. The van der Waals surface area contributed by atoms with Crippen molar-refractivity contribution in [2.24, 2.45) is 0 Å². The van der Waals surface area contributed by atoms with Crippen molar-refractivity contribution in [3.63, 3.8) is 0 Å². The topological polar surface area (TPSA) is 29.1 Å². The minimum Gasteiger partial charge on any atom is -0.322 e. The molecule has 1 N–H and O–H groups in total. The fourth-order valence-corrected chi connectivity index (χ4v) is 2.96. The quantitative estimate of drug-likeness (QED) is 0.524. The highest BCUT2D eigenvalue weighted by Crippen LogP contribution is 2.36. The number of thioether (sulfide) groups is 1. The summed E-state index contributed by atoms with van der Waals surface area (Å²) >= 11 is 6.99. The molecule has 0 spiro atoms. The maximum Gasteiger partial charge on any atom is 0.417 e. The summed E-state index contributed by atoms with van der Waals surface area (Å²) in [6.45, 7) is 3.62. The third-order valence-electron chi connectivity index (χ3n) is 3.02. The first-order valence-electron chi connectivity index (χ1n) is 6.83. The molecule has 1 amide bonds. The molecular formula is C17H13ClF3NOS. The average Bonchev–Trinajstić information content (AvgIpc) is 2.54. The number of halogens is 4. The maximum atomic E-state index is 12.9. The first-order chi connectivity index (χ1) is 11.3. The normalized spacial score (nSPS) is 11.2. The molecule has 0 aliphatic carbocycles. The van der Waals surface area contributed by atoms with Crippen LogP contribution in [0.5, 0.6) is 0 Å². The molecule has 0 fully saturated rings. The zero-order chi connectivity index (χ0) is 17.7. The van der Waals surface area contributed by atoms with Crippen molar-refractivity contribution >= 4 is 35.0 Å². The van der Waals surface area contributed by atoms with Crippen molar-refractivity contribution in [3.05, 3.63) is 71.3 Å². The van der Waals surface area contributed by atoms with Gasteiger partial charge in [-0.2, -0.15) is 13.2 Å². The van der Waals surface area contributed by atoms with E-state index >= 15 is 0 Å². The summed E-state index contributed by atoms with van der Waals surface area (Å²) in [5.74, 6) is 0.126. The molecule has 0 heterocycles. The molecule has 7 heteroatoms. The van der Waals surface area contributed by atoms with E-state index in [9.17, 15) is 18.0 Å². The first-order valence-corrected chi connectivity index (χ1v) is 8.20. The van der Waals surface area contributed by atoms with Crippen molar-refractivity contribution in [1.82, 2.24) is 0 Å². The lowest BCUT2D eigenvalue weighted by atomic mass is 10.1. The van der Waals surface area contributed by atoms with Crippen LogP contribution in [0.15, 0.2) is 60.0 Å². The summed E-state index contributed by atoms with van der Waals surface area (Å²) in [5, 5.41) is 2.06. The van der Waals surface area contributed by atoms with Crippen LogP contribution in [-0.2, 0) is 6.18 Å². The van der Waals surface area contributed by atoms with Gasteiger partial charge in [-0.3, -0.25) is 4.79 Å². The van der Waals surface area contributed by atoms with E-state index in [0.717, 1.165) is 17.0 Å². The summed E-state index contributed by atoms with van der Waals surface area (Å²) in [5.41, 5.74) is -0.579. The summed E-state index contributed by atoms with van der Waals surface area (Å²) in [7, 11) is 0. The zero-order valence-electron chi connectivity index (χ0n) is 12.4. The standard InChI is InChI=1S/C17H13ClF3NOS/c1-2-9-24-15-6-4-3-5-12(15)16(23)22-11-7-8-14(18)13(10-11)17(19,20)21/h2-8,10H,1,9H2,(H,22,23). The molecule has 126 valence electrons. The van der Waals surface area contributed by atoms with Gasteiger partial charge in [-0.1, -0.05) is 29.8 Å². The van der Waals surface area contributed by atoms with Crippen LogP contribution in [0, 0.1) is 0 Å². The lowest BCUT2D eigenvalue weighted by Gasteiger charge is -2.13. The van der Waals surface area contributed by atoms with Gasteiger partial charge in [0.2, 0.25) is 0 Å². The van der Waals surface area contributed by atoms with Gasteiger partial charge in [0.1, 0.15) is 0 Å². The minimum atomic E-state index is -4.59. The number of hydrogen-bond donors (Lipinski definition) is 1. The van der Waals surface area contributed by atoms with Gasteiger partial charge < -0.3 is 5.32 Å². The number of benzene rings is 2. The number of alkyl halides is 3. The Morgan fingerprint density at radius 3 is 2.62 bits per heavy atom. The average molecular weight is 372 g/mol. The van der Waals surface area contributed by atoms with E-state index in [-0.39, 0.29) is 5.69 Å². The molecule has 0 aliphatic heterocycles. The van der Waals surface area contributed by atoms with Crippen molar-refractivity contribution in [3.8, 4) is 0 Å². The van der Waals surface area contributed by atoms with Crippen LogP contribution in [-0.4, -0.2) is 11.7 Å². The van der Waals surface area contributed by atoms with E-state index in [4.69, 9.17) is 11.6 Å². The Morgan fingerprint density at radius 2 is 1.96 bits per heavy atom. The Balaban J connectivity index is 2.26. The number of nitrogens with one attached hydrogen (secondary N) is 1. The molecule has 0 bridgehead atoms. The van der Waals surface area contributed by atoms with Crippen LogP contribution in [0.2, 0.25) is 5.02 Å². The summed E-state index contributed by atoms with van der Waals surface area (Å²) < 4.78 is 38.6. The van der Waals surface area contributed by atoms with E-state index < -0.39 is 22.7 Å². The second kappa shape index (κ2) is 7.77. The molecule has 0 atom stereocenters. The molecule has 24 heavy (non-hydrogen) atoms. The minimum absolute atomic E-state index is 0.0280. The summed E-state index contributed by atoms with van der Waals surface area (Å²) in [6.07, 6.45) is -2.89. The number of rotatable bonds is 5. The molecule has 0 unspecified atom stereocenters. The molecule has 0 aliphatic rings. The molecular weight excluding hydrogens is 359 g/mol. The second-order valence-electron chi connectivity index (χ2n) is 4.74. The van der Waals surface area contributed by atoms with Crippen molar-refractivity contribution in [1.29, 1.82) is 0 Å². The Morgan fingerprint density at radius 1 is 1.25 bits per heavy atom. The molecule has 0 saturated carbocycles. The highest BCUT2D eigenvalue weighted by Gasteiger charge is 2.33. The van der Waals surface area contributed by atoms with E-state index in [1.807, 2.05) is 0 Å². The third kappa shape index (κ3) is 4.55. The maximum absolute atomic E-state index is 12.9. The molecule has 2 nitrogen and oxygen atoms in total. The zero-order valence-corrected chi connectivity index (χ0v) is 13.9. The van der Waals surface area contributed by atoms with E-state index in [0.29, 0.717) is 11.3 Å². The van der Waals surface area contributed by atoms with Crippen LogP contribution in [0.1, 0.15) is 15.9 Å². The van der Waals surface area contributed by atoms with Gasteiger partial charge in [-0.15, -0.1) is 18.3 Å². The smallest absolute Gasteiger partial charge is 0.322 e. The van der Waals surface area contributed by atoms with Crippen molar-refractivity contribution < 1.29 is 18.0 Å². The van der Waals surface area contributed by atoms with Crippen LogP contribution >= 0.6 is 23.4 Å². The Labute approximate surface area is 146 Å². The predicted molar refractivity (Wildman–Crippen MR) is 91.8 cm³/mol. The Hall–Kier alpha value is -1.92. The second-order valence-corrected chi connectivity index (χ2v) is 6.21. The number of carbonyl (C=O) groups is 1. The third-order valence-corrected chi connectivity index (χ3v) is 4.42. The first kappa shape index (κ1) is 18.4. The largest absolute Gasteiger partial charge is 0.417 e. The molecule has 2 rings (SSSR count). The molecule has 0 radical (unpaired) electrons. The fraction of sp³-hybridized carbons (Fsp3) is 0.118. The van der Waals surface area contributed by atoms with Gasteiger partial charge in [0.25, 0.3) is 5.91 Å². The van der Waals surface area contributed by atoms with E-state index in [1.165, 1.54) is 17.8 Å². The van der Waals surface area contributed by atoms with Gasteiger partial charge in [-0.25, -0.2) is 0 Å². The SMILES string of the molecule is C=CCSc1ccccc1C(=O)Nc1ccc(Cl)c(C(F)(F)F)c1. The van der Waals surface area contributed by atoms with Crippen LogP contribution in [0.25, 0.3) is 0 Å². The summed E-state index contributed by atoms with van der Waals surface area (Å²) in [4.78, 5) is 13.1. The van der Waals surface area contributed by atoms with Crippen molar-refractivity contribution in [2.75, 3.05) is 11.1 Å². The monoisotopic (exact) mass is 371 g/mol. The van der Waals surface area contributed by atoms with Crippen molar-refractivity contribution in [2.45, 2.75) is 11.1 Å². The molecule has 0 aromatic heterocycles. The molecule has 2 aromatic carbocycles. The molecule has 2 aromatic rings. The highest BCUT2D eigenvalue weighted by atomic mass is 35.5. The van der Waals surface area contributed by atoms with Gasteiger partial charge >= 0.3 is 6.18 Å². The van der Waals surface area contributed by atoms with E-state index in [2.05, 4.69) is 11.9 Å². The predicted octanol–water partition coefficient (Wildman–Crippen LogP) is 5.89. The van der Waals surface area contributed by atoms with Gasteiger partial charge in [0.15, 0.2) is 0 Å². The number of carbonyl (C=O) groups excluding carboxylic acids is 1. The van der Waals surface area contributed by atoms with E-state index in [1.54, 1.807) is 30.3 Å². The van der Waals surface area contributed by atoms with Crippen LogP contribution < -0.4 is 5.32 Å². The van der Waals surface area contributed by atoms with Gasteiger partial charge in [-0.05, 0) is 30.3 Å². The van der Waals surface area contributed by atoms with Gasteiger partial charge in [0, 0.05) is 16.3 Å².